The van der Waals surface area contributed by atoms with E-state index in [-0.39, 0.29) is 6.42 Å². The molecule has 0 aromatic heterocycles. The second kappa shape index (κ2) is 5.77. The van der Waals surface area contributed by atoms with Gasteiger partial charge in [-0.05, 0) is 23.8 Å². The molecule has 0 amide bonds. The number of Topliss-reactive ketones (excluding diaryl/α,β-unsaturated/α-hetero) is 1. The molecule has 0 aliphatic carbocycles. The van der Waals surface area contributed by atoms with Crippen molar-refractivity contribution in [3.05, 3.63) is 65.0 Å². The summed E-state index contributed by atoms with van der Waals surface area (Å²) in [6, 6.07) is 7.62. The zero-order chi connectivity index (χ0) is 14.7. The molecule has 0 radical (unpaired) electrons. The predicted molar refractivity (Wildman–Crippen MR) is 67.3 cm³/mol. The average Bonchev–Trinajstić information content (AvgIpc) is 2.43. The van der Waals surface area contributed by atoms with Crippen LogP contribution in [0.4, 0.5) is 13.2 Å². The molecule has 0 saturated heterocycles. The third-order valence-electron chi connectivity index (χ3n) is 2.81. The first-order valence-electron chi connectivity index (χ1n) is 5.82. The van der Waals surface area contributed by atoms with Crippen LogP contribution in [0.25, 0.3) is 0 Å². The summed E-state index contributed by atoms with van der Waals surface area (Å²) in [6.07, 6.45) is -0.126. The first-order valence-corrected chi connectivity index (χ1v) is 5.82. The van der Waals surface area contributed by atoms with Crippen LogP contribution >= 0.6 is 0 Å². The number of carbonyl (C=O) groups excluding carboxylic acids is 1. The predicted octanol–water partition coefficient (Wildman–Crippen LogP) is 3.54. The van der Waals surface area contributed by atoms with E-state index >= 15 is 0 Å². The summed E-state index contributed by atoms with van der Waals surface area (Å²) in [7, 11) is 1.48. The van der Waals surface area contributed by atoms with Crippen molar-refractivity contribution in [2.75, 3.05) is 7.11 Å². The van der Waals surface area contributed by atoms with Crippen molar-refractivity contribution < 1.29 is 22.7 Å². The molecule has 0 N–H and O–H groups in total. The summed E-state index contributed by atoms with van der Waals surface area (Å²) < 4.78 is 44.4. The molecule has 104 valence electrons. The van der Waals surface area contributed by atoms with E-state index < -0.39 is 28.8 Å². The number of ketones is 1. The van der Waals surface area contributed by atoms with E-state index in [1.165, 1.54) is 7.11 Å². The molecule has 0 spiro atoms. The van der Waals surface area contributed by atoms with Crippen LogP contribution in [0.1, 0.15) is 15.9 Å². The van der Waals surface area contributed by atoms with Gasteiger partial charge in [0, 0.05) is 12.5 Å². The molecular weight excluding hydrogens is 269 g/mol. The van der Waals surface area contributed by atoms with Crippen molar-refractivity contribution >= 4 is 5.78 Å². The third-order valence-corrected chi connectivity index (χ3v) is 2.81. The number of halogens is 3. The van der Waals surface area contributed by atoms with Gasteiger partial charge in [-0.2, -0.15) is 0 Å². The maximum Gasteiger partial charge on any atom is 0.170 e. The number of benzene rings is 2. The zero-order valence-electron chi connectivity index (χ0n) is 10.6. The molecule has 2 nitrogen and oxygen atoms in total. The van der Waals surface area contributed by atoms with Crippen molar-refractivity contribution in [3.63, 3.8) is 0 Å². The minimum absolute atomic E-state index is 0.126. The second-order valence-electron chi connectivity index (χ2n) is 4.20. The van der Waals surface area contributed by atoms with Crippen LogP contribution in [0.15, 0.2) is 36.4 Å². The van der Waals surface area contributed by atoms with Gasteiger partial charge < -0.3 is 4.74 Å². The number of hydrogen-bond donors (Lipinski definition) is 0. The summed E-state index contributed by atoms with van der Waals surface area (Å²) >= 11 is 0. The first kappa shape index (κ1) is 14.1. The summed E-state index contributed by atoms with van der Waals surface area (Å²) in [5.74, 6) is -3.71. The average molecular weight is 280 g/mol. The monoisotopic (exact) mass is 280 g/mol. The van der Waals surface area contributed by atoms with Gasteiger partial charge in [0.15, 0.2) is 17.4 Å². The van der Waals surface area contributed by atoms with E-state index in [1.54, 1.807) is 24.3 Å². The van der Waals surface area contributed by atoms with Crippen molar-refractivity contribution in [2.24, 2.45) is 0 Å². The smallest absolute Gasteiger partial charge is 0.170 e. The van der Waals surface area contributed by atoms with Crippen molar-refractivity contribution in [3.8, 4) is 5.75 Å². The molecule has 0 bridgehead atoms. The van der Waals surface area contributed by atoms with Crippen molar-refractivity contribution in [1.82, 2.24) is 0 Å². The van der Waals surface area contributed by atoms with Gasteiger partial charge in [0.25, 0.3) is 0 Å². The van der Waals surface area contributed by atoms with Gasteiger partial charge in [-0.15, -0.1) is 0 Å². The molecular formula is C15H11F3O2. The maximum absolute atomic E-state index is 13.5. The highest BCUT2D eigenvalue weighted by Crippen LogP contribution is 2.18. The Balaban J connectivity index is 2.26. The highest BCUT2D eigenvalue weighted by molar-refractivity contribution is 5.97. The van der Waals surface area contributed by atoms with Gasteiger partial charge in [0.05, 0.1) is 12.7 Å². The van der Waals surface area contributed by atoms with Gasteiger partial charge >= 0.3 is 0 Å². The molecule has 20 heavy (non-hydrogen) atoms. The topological polar surface area (TPSA) is 26.3 Å². The largest absolute Gasteiger partial charge is 0.497 e. The van der Waals surface area contributed by atoms with Crippen LogP contribution in [-0.4, -0.2) is 12.9 Å². The molecule has 2 aromatic carbocycles. The van der Waals surface area contributed by atoms with Gasteiger partial charge in [0.2, 0.25) is 0 Å². The third kappa shape index (κ3) is 2.99. The highest BCUT2D eigenvalue weighted by atomic mass is 19.2. The molecule has 5 heteroatoms. The van der Waals surface area contributed by atoms with E-state index in [4.69, 9.17) is 4.74 Å². The first-order chi connectivity index (χ1) is 9.51. The Morgan fingerprint density at radius 2 is 1.75 bits per heavy atom. The zero-order valence-corrected chi connectivity index (χ0v) is 10.6. The van der Waals surface area contributed by atoms with Crippen molar-refractivity contribution in [2.45, 2.75) is 6.42 Å². The molecule has 0 heterocycles. The number of rotatable bonds is 4. The Bertz CT molecular complexity index is 654. The van der Waals surface area contributed by atoms with Gasteiger partial charge in [0.1, 0.15) is 11.6 Å². The normalized spacial score (nSPS) is 10.4. The minimum atomic E-state index is -1.32. The fourth-order valence-corrected chi connectivity index (χ4v) is 1.80. The Hall–Kier alpha value is -2.30. The lowest BCUT2D eigenvalue weighted by molar-refractivity contribution is 0.0988. The Morgan fingerprint density at radius 1 is 1.05 bits per heavy atom. The Labute approximate surface area is 113 Å². The van der Waals surface area contributed by atoms with Crippen LogP contribution in [0.3, 0.4) is 0 Å². The molecule has 0 fully saturated rings. The van der Waals surface area contributed by atoms with Crippen LogP contribution < -0.4 is 4.74 Å². The second-order valence-corrected chi connectivity index (χ2v) is 4.20. The van der Waals surface area contributed by atoms with Crippen LogP contribution in [0.2, 0.25) is 0 Å². The van der Waals surface area contributed by atoms with Crippen LogP contribution in [-0.2, 0) is 6.42 Å². The molecule has 0 atom stereocenters. The van der Waals surface area contributed by atoms with Crippen LogP contribution in [0, 0.1) is 17.5 Å². The molecule has 2 rings (SSSR count). The van der Waals surface area contributed by atoms with Gasteiger partial charge in [-0.1, -0.05) is 12.1 Å². The number of hydrogen-bond acceptors (Lipinski definition) is 2. The van der Waals surface area contributed by atoms with Crippen LogP contribution in [0.5, 0.6) is 5.75 Å². The van der Waals surface area contributed by atoms with Gasteiger partial charge in [-0.25, -0.2) is 13.2 Å². The fraction of sp³-hybridized carbons (Fsp3) is 0.133. The lowest BCUT2D eigenvalue weighted by Gasteiger charge is -2.06. The van der Waals surface area contributed by atoms with E-state index in [1.807, 2.05) is 0 Å². The standard InChI is InChI=1S/C15H11F3O2/c1-20-10-4-2-3-9(5-10)6-15(19)11-7-13(17)14(18)8-12(11)16/h2-5,7-8H,6H2,1H3. The van der Waals surface area contributed by atoms with E-state index in [0.717, 1.165) is 0 Å². The Morgan fingerprint density at radius 3 is 2.45 bits per heavy atom. The van der Waals surface area contributed by atoms with E-state index in [2.05, 4.69) is 0 Å². The summed E-state index contributed by atoms with van der Waals surface area (Å²) in [4.78, 5) is 11.9. The lowest BCUT2D eigenvalue weighted by Crippen LogP contribution is -2.08. The summed E-state index contributed by atoms with van der Waals surface area (Å²) in [5, 5.41) is 0. The quantitative estimate of drug-likeness (QED) is 0.632. The lowest BCUT2D eigenvalue weighted by atomic mass is 10.0. The maximum atomic E-state index is 13.5. The number of methoxy groups -OCH3 is 1. The molecule has 0 unspecified atom stereocenters. The molecule has 2 aromatic rings. The Kier molecular flexibility index (Phi) is 4.08. The van der Waals surface area contributed by atoms with Crippen molar-refractivity contribution in [1.29, 1.82) is 0 Å². The highest BCUT2D eigenvalue weighted by Gasteiger charge is 2.16. The summed E-state index contributed by atoms with van der Waals surface area (Å²) in [5.41, 5.74) is 0.130. The molecule has 0 aliphatic heterocycles. The summed E-state index contributed by atoms with van der Waals surface area (Å²) in [6.45, 7) is 0. The SMILES string of the molecule is COc1cccc(CC(=O)c2cc(F)c(F)cc2F)c1. The fourth-order valence-electron chi connectivity index (χ4n) is 1.80. The van der Waals surface area contributed by atoms with E-state index in [0.29, 0.717) is 23.4 Å². The molecule has 0 saturated carbocycles. The molecule has 0 aliphatic rings. The van der Waals surface area contributed by atoms with E-state index in [9.17, 15) is 18.0 Å². The number of ether oxygens (including phenoxy) is 1. The minimum Gasteiger partial charge on any atom is -0.497 e. The van der Waals surface area contributed by atoms with Gasteiger partial charge in [-0.3, -0.25) is 4.79 Å². The number of carbonyl (C=O) groups is 1.